The smallest absolute Gasteiger partial charge is 0.240 e. The van der Waals surface area contributed by atoms with Gasteiger partial charge in [0, 0.05) is 13.1 Å². The van der Waals surface area contributed by atoms with Gasteiger partial charge in [-0.05, 0) is 31.5 Å². The Morgan fingerprint density at radius 2 is 1.75 bits per heavy atom. The predicted molar refractivity (Wildman–Crippen MR) is 109 cm³/mol. The van der Waals surface area contributed by atoms with E-state index in [1.807, 2.05) is 44.2 Å². The molecule has 1 heterocycles. The molecule has 8 heteroatoms. The van der Waals surface area contributed by atoms with Crippen molar-refractivity contribution in [2.24, 2.45) is 0 Å². The van der Waals surface area contributed by atoms with Crippen LogP contribution in [0.1, 0.15) is 24.7 Å². The highest BCUT2D eigenvalue weighted by molar-refractivity contribution is 8.00. The molecule has 0 aliphatic rings. The van der Waals surface area contributed by atoms with Crippen LogP contribution in [0.4, 0.5) is 4.39 Å². The Morgan fingerprint density at radius 1 is 1.11 bits per heavy atom. The molecule has 0 radical (unpaired) electrons. The summed E-state index contributed by atoms with van der Waals surface area (Å²) in [6.45, 7) is 5.09. The highest BCUT2D eigenvalue weighted by Crippen LogP contribution is 2.36. The Morgan fingerprint density at radius 3 is 2.39 bits per heavy atom. The zero-order valence-corrected chi connectivity index (χ0v) is 16.6. The molecule has 0 saturated heterocycles. The van der Waals surface area contributed by atoms with Gasteiger partial charge in [0.05, 0.1) is 5.56 Å². The predicted octanol–water partition coefficient (Wildman–Crippen LogP) is 3.50. The highest BCUT2D eigenvalue weighted by Gasteiger charge is 2.28. The molecule has 0 saturated carbocycles. The first-order valence-electron chi connectivity index (χ1n) is 9.02. The zero-order chi connectivity index (χ0) is 20.1. The van der Waals surface area contributed by atoms with E-state index in [4.69, 9.17) is 5.84 Å². The summed E-state index contributed by atoms with van der Waals surface area (Å²) in [4.78, 5) is 14.9. The second kappa shape index (κ2) is 8.88. The SMILES string of the molecule is CCN(CC)C(=O)C(Sc1nnc(-c2ccccc2F)n1N)c1ccccc1. The van der Waals surface area contributed by atoms with Gasteiger partial charge < -0.3 is 10.7 Å². The Kier molecular flexibility index (Phi) is 6.30. The van der Waals surface area contributed by atoms with Crippen molar-refractivity contribution in [3.05, 3.63) is 66.0 Å². The minimum Gasteiger partial charge on any atom is -0.342 e. The Bertz CT molecular complexity index is 943. The van der Waals surface area contributed by atoms with Crippen molar-refractivity contribution < 1.29 is 9.18 Å². The Balaban J connectivity index is 1.96. The summed E-state index contributed by atoms with van der Waals surface area (Å²) in [7, 11) is 0. The average Bonchev–Trinajstić information content (AvgIpc) is 3.08. The first kappa shape index (κ1) is 19.9. The lowest BCUT2D eigenvalue weighted by atomic mass is 10.1. The van der Waals surface area contributed by atoms with E-state index in [2.05, 4.69) is 10.2 Å². The average molecular weight is 399 g/mol. The van der Waals surface area contributed by atoms with Crippen molar-refractivity contribution in [1.82, 2.24) is 19.8 Å². The fourth-order valence-corrected chi connectivity index (χ4v) is 3.92. The van der Waals surface area contributed by atoms with Crippen molar-refractivity contribution in [1.29, 1.82) is 0 Å². The van der Waals surface area contributed by atoms with Crippen LogP contribution in [0.25, 0.3) is 11.4 Å². The number of nitrogens with zero attached hydrogens (tertiary/aromatic N) is 4. The fourth-order valence-electron chi connectivity index (χ4n) is 2.88. The van der Waals surface area contributed by atoms with E-state index in [1.54, 1.807) is 23.1 Å². The van der Waals surface area contributed by atoms with E-state index >= 15 is 0 Å². The summed E-state index contributed by atoms with van der Waals surface area (Å²) in [5.41, 5.74) is 1.11. The summed E-state index contributed by atoms with van der Waals surface area (Å²) < 4.78 is 15.3. The Hall–Kier alpha value is -2.87. The molecular weight excluding hydrogens is 377 g/mol. The number of nitrogens with two attached hydrogens (primary N) is 1. The van der Waals surface area contributed by atoms with Gasteiger partial charge in [-0.2, -0.15) is 0 Å². The van der Waals surface area contributed by atoms with Crippen LogP contribution in [0, 0.1) is 5.82 Å². The fraction of sp³-hybridized carbons (Fsp3) is 0.250. The normalized spacial score (nSPS) is 12.0. The van der Waals surface area contributed by atoms with Crippen LogP contribution >= 0.6 is 11.8 Å². The lowest BCUT2D eigenvalue weighted by molar-refractivity contribution is -0.130. The summed E-state index contributed by atoms with van der Waals surface area (Å²) >= 11 is 1.21. The number of thioether (sulfide) groups is 1. The van der Waals surface area contributed by atoms with E-state index in [0.717, 1.165) is 5.56 Å². The third-order valence-electron chi connectivity index (χ3n) is 4.40. The second-order valence-corrected chi connectivity index (χ2v) is 7.15. The molecule has 6 nitrogen and oxygen atoms in total. The molecule has 0 fully saturated rings. The van der Waals surface area contributed by atoms with E-state index in [9.17, 15) is 9.18 Å². The molecule has 2 aromatic carbocycles. The van der Waals surface area contributed by atoms with Crippen molar-refractivity contribution >= 4 is 17.7 Å². The quantitative estimate of drug-likeness (QED) is 0.486. The van der Waals surface area contributed by atoms with Crippen LogP contribution in [-0.2, 0) is 4.79 Å². The van der Waals surface area contributed by atoms with Gasteiger partial charge in [-0.3, -0.25) is 4.79 Å². The van der Waals surface area contributed by atoms with Crippen LogP contribution in [0.3, 0.4) is 0 Å². The van der Waals surface area contributed by atoms with Gasteiger partial charge in [0.2, 0.25) is 11.1 Å². The van der Waals surface area contributed by atoms with Crippen LogP contribution in [0.15, 0.2) is 59.8 Å². The number of halogens is 1. The molecule has 3 rings (SSSR count). The molecular formula is C20H22FN5OS. The minimum atomic E-state index is -0.527. The first-order valence-corrected chi connectivity index (χ1v) is 9.90. The van der Waals surface area contributed by atoms with Gasteiger partial charge >= 0.3 is 0 Å². The lowest BCUT2D eigenvalue weighted by Crippen LogP contribution is -2.34. The van der Waals surface area contributed by atoms with Gasteiger partial charge in [-0.1, -0.05) is 54.2 Å². The monoisotopic (exact) mass is 399 g/mol. The number of carbonyl (C=O) groups excluding carboxylic acids is 1. The van der Waals surface area contributed by atoms with Crippen LogP contribution in [0.2, 0.25) is 0 Å². The molecule has 28 heavy (non-hydrogen) atoms. The van der Waals surface area contributed by atoms with Gasteiger partial charge in [0.25, 0.3) is 0 Å². The summed E-state index contributed by atoms with van der Waals surface area (Å²) in [5, 5.41) is 7.96. The number of benzene rings is 2. The van der Waals surface area contributed by atoms with Gasteiger partial charge in [-0.25, -0.2) is 9.07 Å². The molecule has 0 spiro atoms. The third-order valence-corrected chi connectivity index (χ3v) is 5.60. The highest BCUT2D eigenvalue weighted by atomic mass is 32.2. The van der Waals surface area contributed by atoms with Crippen LogP contribution in [0.5, 0.6) is 0 Å². The van der Waals surface area contributed by atoms with E-state index in [0.29, 0.717) is 18.2 Å². The Labute approximate surface area is 167 Å². The second-order valence-electron chi connectivity index (χ2n) is 6.08. The topological polar surface area (TPSA) is 77.0 Å². The molecule has 0 bridgehead atoms. The van der Waals surface area contributed by atoms with E-state index in [1.165, 1.54) is 22.5 Å². The summed E-state index contributed by atoms with van der Waals surface area (Å²) in [6.07, 6.45) is 0. The van der Waals surface area contributed by atoms with Crippen molar-refractivity contribution in [3.8, 4) is 11.4 Å². The maximum atomic E-state index is 14.1. The third kappa shape index (κ3) is 4.01. The maximum absolute atomic E-state index is 14.1. The van der Waals surface area contributed by atoms with Crippen LogP contribution in [-0.4, -0.2) is 38.8 Å². The molecule has 0 aliphatic carbocycles. The number of rotatable bonds is 7. The molecule has 0 aliphatic heterocycles. The number of hydrogen-bond acceptors (Lipinski definition) is 5. The number of nitrogen functional groups attached to an aromatic ring is 1. The maximum Gasteiger partial charge on any atom is 0.240 e. The molecule has 1 aromatic heterocycles. The van der Waals surface area contributed by atoms with E-state index in [-0.39, 0.29) is 17.3 Å². The number of likely N-dealkylation sites (N-methyl/N-ethyl adjacent to an activating group) is 1. The first-order chi connectivity index (χ1) is 13.6. The minimum absolute atomic E-state index is 0.0309. The standard InChI is InChI=1S/C20H22FN5OS/c1-3-25(4-2)19(27)17(14-10-6-5-7-11-14)28-20-24-23-18(26(20)22)15-12-8-9-13-16(15)21/h5-13,17H,3-4,22H2,1-2H3. The number of aromatic nitrogens is 3. The van der Waals surface area contributed by atoms with Gasteiger partial charge in [0.1, 0.15) is 11.1 Å². The molecule has 146 valence electrons. The molecule has 1 amide bonds. The molecule has 1 atom stereocenters. The van der Waals surface area contributed by atoms with E-state index < -0.39 is 11.1 Å². The van der Waals surface area contributed by atoms with Gasteiger partial charge in [0.15, 0.2) is 5.82 Å². The summed E-state index contributed by atoms with van der Waals surface area (Å²) in [6, 6.07) is 15.7. The van der Waals surface area contributed by atoms with Crippen molar-refractivity contribution in [2.75, 3.05) is 18.9 Å². The number of carbonyl (C=O) groups is 1. The van der Waals surface area contributed by atoms with Gasteiger partial charge in [-0.15, -0.1) is 10.2 Å². The lowest BCUT2D eigenvalue weighted by Gasteiger charge is -2.24. The summed E-state index contributed by atoms with van der Waals surface area (Å²) in [5.74, 6) is 5.90. The zero-order valence-electron chi connectivity index (χ0n) is 15.7. The molecule has 3 aromatic rings. The largest absolute Gasteiger partial charge is 0.342 e. The molecule has 2 N–H and O–H groups in total. The van der Waals surface area contributed by atoms with Crippen molar-refractivity contribution in [3.63, 3.8) is 0 Å². The number of amides is 1. The van der Waals surface area contributed by atoms with Crippen molar-refractivity contribution in [2.45, 2.75) is 24.3 Å². The van der Waals surface area contributed by atoms with Crippen LogP contribution < -0.4 is 5.84 Å². The molecule has 1 unspecified atom stereocenters. The number of hydrogen-bond donors (Lipinski definition) is 1.